The van der Waals surface area contributed by atoms with E-state index in [0.717, 1.165) is 5.56 Å². The number of hydrogen-bond acceptors (Lipinski definition) is 5. The Balaban J connectivity index is 1.74. The second-order valence-electron chi connectivity index (χ2n) is 7.38. The molecule has 7 nitrogen and oxygen atoms in total. The van der Waals surface area contributed by atoms with Gasteiger partial charge in [0.2, 0.25) is 11.8 Å². The van der Waals surface area contributed by atoms with Crippen LogP contribution in [0.25, 0.3) is 0 Å². The summed E-state index contributed by atoms with van der Waals surface area (Å²) in [7, 11) is 0. The van der Waals surface area contributed by atoms with Crippen molar-refractivity contribution in [1.29, 1.82) is 0 Å². The normalized spacial score (nSPS) is 28.4. The fourth-order valence-corrected chi connectivity index (χ4v) is 4.19. The molecule has 0 bridgehead atoms. The zero-order valence-corrected chi connectivity index (χ0v) is 14.3. The van der Waals surface area contributed by atoms with Crippen LogP contribution in [0.1, 0.15) is 31.9 Å². The third-order valence-electron chi connectivity index (χ3n) is 5.25. The molecule has 3 aliphatic rings. The van der Waals surface area contributed by atoms with Gasteiger partial charge in [0.15, 0.2) is 0 Å². The molecular weight excluding hydrogens is 322 g/mol. The molecule has 3 fully saturated rings. The predicted molar refractivity (Wildman–Crippen MR) is 88.0 cm³/mol. The Morgan fingerprint density at radius 2 is 1.92 bits per heavy atom. The van der Waals surface area contributed by atoms with E-state index in [1.807, 2.05) is 49.2 Å². The van der Waals surface area contributed by atoms with E-state index in [1.54, 1.807) is 5.01 Å². The van der Waals surface area contributed by atoms with Crippen LogP contribution >= 0.6 is 0 Å². The van der Waals surface area contributed by atoms with Crippen LogP contribution in [0.4, 0.5) is 4.79 Å². The average Bonchev–Trinajstić information content (AvgIpc) is 3.23. The van der Waals surface area contributed by atoms with Gasteiger partial charge in [0.05, 0.1) is 25.0 Å². The van der Waals surface area contributed by atoms with Crippen LogP contribution in [0.15, 0.2) is 30.3 Å². The van der Waals surface area contributed by atoms with Crippen molar-refractivity contribution in [3.05, 3.63) is 35.9 Å². The maximum absolute atomic E-state index is 13.1. The van der Waals surface area contributed by atoms with Crippen molar-refractivity contribution in [1.82, 2.24) is 14.9 Å². The number of carbonyl (C=O) groups excluding carboxylic acids is 3. The van der Waals surface area contributed by atoms with Crippen LogP contribution in [0, 0.1) is 5.92 Å². The number of nitrogens with zero attached hydrogens (tertiary/aromatic N) is 3. The summed E-state index contributed by atoms with van der Waals surface area (Å²) in [5.41, 5.74) is 0.594. The summed E-state index contributed by atoms with van der Waals surface area (Å²) in [6, 6.07) is 9.43. The smallest absolute Gasteiger partial charge is 0.416 e. The lowest BCUT2D eigenvalue weighted by molar-refractivity contribution is -0.137. The van der Waals surface area contributed by atoms with Gasteiger partial charge in [-0.15, -0.1) is 0 Å². The van der Waals surface area contributed by atoms with E-state index < -0.39 is 12.0 Å². The standard InChI is InChI=1S/C18H21N3O4/c1-18(2)10-14(22)20-11-13(16(23)19-8-9-25-17(19)24)15(21(18)20)12-6-4-3-5-7-12/h3-7,13,15H,8-11H2,1-2H3/t13-,15+/m1/s1. The van der Waals surface area contributed by atoms with Crippen molar-refractivity contribution < 1.29 is 19.1 Å². The lowest BCUT2D eigenvalue weighted by atomic mass is 9.89. The highest BCUT2D eigenvalue weighted by Gasteiger charge is 2.57. The molecule has 2 atom stereocenters. The van der Waals surface area contributed by atoms with E-state index in [0.29, 0.717) is 13.0 Å². The van der Waals surface area contributed by atoms with Crippen molar-refractivity contribution in [2.24, 2.45) is 5.92 Å². The highest BCUT2D eigenvalue weighted by Crippen LogP contribution is 2.47. The number of amides is 3. The summed E-state index contributed by atoms with van der Waals surface area (Å²) in [6.45, 7) is 4.82. The monoisotopic (exact) mass is 343 g/mol. The van der Waals surface area contributed by atoms with E-state index in [2.05, 4.69) is 0 Å². The molecule has 0 radical (unpaired) electrons. The lowest BCUT2D eigenvalue weighted by Crippen LogP contribution is -2.45. The zero-order chi connectivity index (χ0) is 17.8. The Kier molecular flexibility index (Phi) is 3.57. The summed E-state index contributed by atoms with van der Waals surface area (Å²) in [6.07, 6.45) is -0.173. The first kappa shape index (κ1) is 16.1. The topological polar surface area (TPSA) is 70.2 Å². The number of cyclic esters (lactones) is 1. The Hall–Kier alpha value is -2.41. The van der Waals surface area contributed by atoms with E-state index in [-0.39, 0.29) is 36.5 Å². The molecule has 25 heavy (non-hydrogen) atoms. The summed E-state index contributed by atoms with van der Waals surface area (Å²) < 4.78 is 4.92. The molecule has 0 aliphatic carbocycles. The molecule has 1 aromatic rings. The Morgan fingerprint density at radius 3 is 2.56 bits per heavy atom. The maximum atomic E-state index is 13.1. The van der Waals surface area contributed by atoms with Crippen LogP contribution in [0.3, 0.4) is 0 Å². The average molecular weight is 343 g/mol. The van der Waals surface area contributed by atoms with Crippen LogP contribution in [-0.2, 0) is 14.3 Å². The van der Waals surface area contributed by atoms with E-state index in [1.165, 1.54) is 4.90 Å². The molecule has 0 spiro atoms. The second-order valence-corrected chi connectivity index (χ2v) is 7.38. The number of ether oxygens (including phenoxy) is 1. The molecule has 3 saturated heterocycles. The van der Waals surface area contributed by atoms with Gasteiger partial charge >= 0.3 is 6.09 Å². The highest BCUT2D eigenvalue weighted by molar-refractivity contribution is 5.95. The fourth-order valence-electron chi connectivity index (χ4n) is 4.19. The number of imide groups is 1. The second kappa shape index (κ2) is 5.56. The molecule has 0 unspecified atom stereocenters. The molecular formula is C18H21N3O4. The minimum atomic E-state index is -0.593. The SMILES string of the molecule is CC1(C)CC(=O)N2C[C@@H](C(=O)N3CCOC3=O)[C@H](c3ccccc3)N21. The van der Waals surface area contributed by atoms with Gasteiger partial charge in [0, 0.05) is 12.0 Å². The Morgan fingerprint density at radius 1 is 1.20 bits per heavy atom. The van der Waals surface area contributed by atoms with Crippen molar-refractivity contribution in [3.63, 3.8) is 0 Å². The van der Waals surface area contributed by atoms with Crippen molar-refractivity contribution in [2.75, 3.05) is 19.7 Å². The number of hydrazine groups is 1. The first-order valence-corrected chi connectivity index (χ1v) is 8.53. The zero-order valence-electron chi connectivity index (χ0n) is 14.3. The van der Waals surface area contributed by atoms with Crippen LogP contribution in [0.2, 0.25) is 0 Å². The number of carbonyl (C=O) groups is 3. The van der Waals surface area contributed by atoms with Gasteiger partial charge in [-0.1, -0.05) is 30.3 Å². The molecule has 4 rings (SSSR count). The molecule has 3 amide bonds. The molecule has 0 aromatic heterocycles. The van der Waals surface area contributed by atoms with Gasteiger partial charge in [-0.25, -0.2) is 14.7 Å². The van der Waals surface area contributed by atoms with Crippen LogP contribution < -0.4 is 0 Å². The summed E-state index contributed by atoms with van der Waals surface area (Å²) in [4.78, 5) is 38.5. The largest absolute Gasteiger partial charge is 0.447 e. The fraction of sp³-hybridized carbons (Fsp3) is 0.500. The first-order valence-electron chi connectivity index (χ1n) is 8.53. The predicted octanol–water partition coefficient (Wildman–Crippen LogP) is 1.56. The number of fused-ring (bicyclic) bond motifs is 1. The van der Waals surface area contributed by atoms with Gasteiger partial charge in [-0.2, -0.15) is 0 Å². The van der Waals surface area contributed by atoms with Gasteiger partial charge in [0.1, 0.15) is 6.61 Å². The number of benzene rings is 1. The van der Waals surface area contributed by atoms with E-state index in [9.17, 15) is 14.4 Å². The number of hydrogen-bond donors (Lipinski definition) is 0. The van der Waals surface area contributed by atoms with Crippen LogP contribution in [-0.4, -0.2) is 58.1 Å². The molecule has 132 valence electrons. The van der Waals surface area contributed by atoms with Crippen LogP contribution in [0.5, 0.6) is 0 Å². The Labute approximate surface area is 146 Å². The summed E-state index contributed by atoms with van der Waals surface area (Å²) in [5.74, 6) is -0.740. The quantitative estimate of drug-likeness (QED) is 0.815. The van der Waals surface area contributed by atoms with Gasteiger partial charge in [-0.05, 0) is 19.4 Å². The summed E-state index contributed by atoms with van der Waals surface area (Å²) in [5, 5.41) is 3.70. The van der Waals surface area contributed by atoms with E-state index >= 15 is 0 Å². The van der Waals surface area contributed by atoms with E-state index in [4.69, 9.17) is 4.74 Å². The van der Waals surface area contributed by atoms with Gasteiger partial charge in [0.25, 0.3) is 0 Å². The minimum absolute atomic E-state index is 0.0187. The minimum Gasteiger partial charge on any atom is -0.447 e. The van der Waals surface area contributed by atoms with Crippen molar-refractivity contribution in [3.8, 4) is 0 Å². The molecule has 3 aliphatic heterocycles. The molecule has 7 heteroatoms. The molecule has 3 heterocycles. The maximum Gasteiger partial charge on any atom is 0.416 e. The molecule has 0 N–H and O–H groups in total. The lowest BCUT2D eigenvalue weighted by Gasteiger charge is -2.37. The van der Waals surface area contributed by atoms with Gasteiger partial charge < -0.3 is 4.74 Å². The third-order valence-corrected chi connectivity index (χ3v) is 5.25. The van der Waals surface area contributed by atoms with Crippen molar-refractivity contribution in [2.45, 2.75) is 31.8 Å². The number of rotatable bonds is 2. The highest BCUT2D eigenvalue weighted by atomic mass is 16.6. The third kappa shape index (κ3) is 2.41. The Bertz CT molecular complexity index is 733. The molecule has 1 aromatic carbocycles. The van der Waals surface area contributed by atoms with Gasteiger partial charge in [-0.3, -0.25) is 14.6 Å². The van der Waals surface area contributed by atoms with Crippen molar-refractivity contribution >= 4 is 17.9 Å². The molecule has 0 saturated carbocycles. The summed E-state index contributed by atoms with van der Waals surface area (Å²) >= 11 is 0. The first-order chi connectivity index (χ1) is 11.9.